The lowest BCUT2D eigenvalue weighted by Gasteiger charge is -2.32. The molecule has 0 saturated carbocycles. The van der Waals surface area contributed by atoms with Crippen molar-refractivity contribution in [1.82, 2.24) is 4.90 Å². The third kappa shape index (κ3) is 7.31. The number of hydrogen-bond donors (Lipinski definition) is 4. The van der Waals surface area contributed by atoms with Crippen molar-refractivity contribution >= 4 is 54.7 Å². The van der Waals surface area contributed by atoms with E-state index in [1.165, 1.54) is 0 Å². The fourth-order valence-corrected chi connectivity index (χ4v) is 10.4. The maximum absolute atomic E-state index is 14.9. The van der Waals surface area contributed by atoms with E-state index in [0.29, 0.717) is 39.8 Å². The first-order chi connectivity index (χ1) is 24.3. The van der Waals surface area contributed by atoms with Crippen molar-refractivity contribution in [3.63, 3.8) is 0 Å². The first kappa shape index (κ1) is 36.3. The highest BCUT2D eigenvalue weighted by Crippen LogP contribution is 2.60. The van der Waals surface area contributed by atoms with Crippen LogP contribution in [0.1, 0.15) is 40.4 Å². The van der Waals surface area contributed by atoms with Crippen LogP contribution in [0.2, 0.25) is 23.7 Å². The summed E-state index contributed by atoms with van der Waals surface area (Å²) < 4.78 is 6.85. The van der Waals surface area contributed by atoms with Gasteiger partial charge in [-0.3, -0.25) is 14.4 Å². The van der Waals surface area contributed by atoms with Crippen molar-refractivity contribution in [2.75, 3.05) is 29.1 Å². The molecule has 6 rings (SSSR count). The van der Waals surface area contributed by atoms with Gasteiger partial charge in [0.05, 0.1) is 31.4 Å². The van der Waals surface area contributed by atoms with Gasteiger partial charge in [-0.1, -0.05) is 61.0 Å². The normalized spacial score (nSPS) is 21.2. The van der Waals surface area contributed by atoms with Gasteiger partial charge in [-0.15, -0.1) is 0 Å². The summed E-state index contributed by atoms with van der Waals surface area (Å²) in [6.45, 7) is 5.94. The largest absolute Gasteiger partial charge is 0.432 e. The number of nitrogens with two attached hydrogens (primary N) is 1. The number of fused-ring (bicyclic) bond motifs is 2. The van der Waals surface area contributed by atoms with Crippen molar-refractivity contribution in [3.05, 3.63) is 124 Å². The van der Waals surface area contributed by atoms with E-state index >= 15 is 0 Å². The molecule has 0 aromatic heterocycles. The zero-order valence-electron chi connectivity index (χ0n) is 28.9. The average Bonchev–Trinajstić information content (AvgIpc) is 3.51. The van der Waals surface area contributed by atoms with Crippen LogP contribution in [-0.2, 0) is 33.0 Å². The van der Waals surface area contributed by atoms with Gasteiger partial charge in [0.15, 0.2) is 13.9 Å². The number of halogens is 1. The predicted octanol–water partition coefficient (Wildman–Crippen LogP) is 5.93. The zero-order valence-corrected chi connectivity index (χ0v) is 30.6. The van der Waals surface area contributed by atoms with E-state index in [9.17, 15) is 24.3 Å². The number of carbonyl (C=O) groups is 3. The molecule has 2 heterocycles. The predicted molar refractivity (Wildman–Crippen MR) is 201 cm³/mol. The van der Waals surface area contributed by atoms with Crippen LogP contribution in [0.25, 0.3) is 0 Å². The van der Waals surface area contributed by atoms with E-state index in [-0.39, 0.29) is 43.8 Å². The highest BCUT2D eigenvalue weighted by Gasteiger charge is 2.66. The number of carbonyl (C=O) groups excluding carboxylic acids is 3. The number of ether oxygens (including phenoxy) is 1. The molecule has 4 aromatic rings. The lowest BCUT2D eigenvalue weighted by atomic mass is 9.82. The molecule has 0 bridgehead atoms. The molecule has 3 amide bonds. The summed E-state index contributed by atoms with van der Waals surface area (Å²) in [6, 6.07) is 28.7. The minimum Gasteiger partial charge on any atom is -0.432 e. The highest BCUT2D eigenvalue weighted by molar-refractivity contribution is 6.71. The Hall–Kier alpha value is -4.52. The lowest BCUT2D eigenvalue weighted by Crippen LogP contribution is -2.46. The number of nitrogens with zero attached hydrogens (tertiary/aromatic N) is 2. The second kappa shape index (κ2) is 14.6. The van der Waals surface area contributed by atoms with Crippen LogP contribution in [0.3, 0.4) is 0 Å². The van der Waals surface area contributed by atoms with Crippen LogP contribution in [0.4, 0.5) is 17.1 Å². The molecule has 4 atom stereocenters. The third-order valence-electron chi connectivity index (χ3n) is 9.96. The van der Waals surface area contributed by atoms with E-state index < -0.39 is 31.5 Å². The van der Waals surface area contributed by atoms with Crippen LogP contribution < -0.4 is 16.0 Å². The van der Waals surface area contributed by atoms with Gasteiger partial charge < -0.3 is 35.5 Å². The van der Waals surface area contributed by atoms with Crippen LogP contribution in [0.5, 0.6) is 0 Å². The Morgan fingerprint density at radius 1 is 1.00 bits per heavy atom. The molecule has 4 aromatic carbocycles. The summed E-state index contributed by atoms with van der Waals surface area (Å²) in [6.07, 6.45) is -0.835. The Kier molecular flexibility index (Phi) is 10.4. The third-order valence-corrected chi connectivity index (χ3v) is 12.7. The quantitative estimate of drug-likeness (QED) is 0.111. The standard InChI is InChI=1S/C39H43ClN4O6Si/c1-25-36(51(2,3)49)34(22-35(46)43(18-19-45)23-26-8-5-4-6-9-26)50-39(25)32-21-29(40)14-17-33(32)44(38(39)48)24-27-10-7-11-31(20-27)42-37(47)28-12-15-30(41)16-13-28/h4-17,20-21,25,34,36,45,49H,18-19,22-24,41H2,1-3H3,(H,42,47)/t25-,34+,36-,39+/m0/s1. The number of nitrogens with one attached hydrogen (secondary N) is 1. The molecule has 2 aliphatic heterocycles. The molecule has 51 heavy (non-hydrogen) atoms. The van der Waals surface area contributed by atoms with Gasteiger partial charge in [-0.2, -0.15) is 0 Å². The fraction of sp³-hybridized carbons (Fsp3) is 0.308. The number of hydrogen-bond acceptors (Lipinski definition) is 7. The number of amides is 3. The second-order valence-corrected chi connectivity index (χ2v) is 18.3. The van der Waals surface area contributed by atoms with Gasteiger partial charge in [0, 0.05) is 52.1 Å². The second-order valence-electron chi connectivity index (χ2n) is 13.9. The van der Waals surface area contributed by atoms with Gasteiger partial charge in [0.2, 0.25) is 5.91 Å². The maximum atomic E-state index is 14.9. The van der Waals surface area contributed by atoms with E-state index in [4.69, 9.17) is 22.1 Å². The Morgan fingerprint density at radius 2 is 1.71 bits per heavy atom. The van der Waals surface area contributed by atoms with Crippen molar-refractivity contribution in [2.45, 2.75) is 56.8 Å². The Labute approximate surface area is 303 Å². The number of aliphatic hydroxyl groups is 1. The molecule has 1 spiro atoms. The summed E-state index contributed by atoms with van der Waals surface area (Å²) in [5.74, 6) is -1.34. The van der Waals surface area contributed by atoms with Crippen LogP contribution in [-0.4, -0.2) is 60.1 Å². The van der Waals surface area contributed by atoms with Crippen molar-refractivity contribution in [3.8, 4) is 0 Å². The Bertz CT molecular complexity index is 1920. The first-order valence-electron chi connectivity index (χ1n) is 17.0. The van der Waals surface area contributed by atoms with Gasteiger partial charge >= 0.3 is 0 Å². The van der Waals surface area contributed by atoms with Crippen LogP contribution >= 0.6 is 11.6 Å². The maximum Gasteiger partial charge on any atom is 0.264 e. The smallest absolute Gasteiger partial charge is 0.264 e. The molecule has 266 valence electrons. The van der Waals surface area contributed by atoms with Gasteiger partial charge in [0.25, 0.3) is 11.8 Å². The molecule has 10 nitrogen and oxygen atoms in total. The number of nitrogen functional groups attached to an aromatic ring is 1. The number of anilines is 3. The molecular weight excluding hydrogens is 684 g/mol. The van der Waals surface area contributed by atoms with E-state index in [0.717, 1.165) is 11.1 Å². The van der Waals surface area contributed by atoms with E-state index in [1.54, 1.807) is 58.3 Å². The van der Waals surface area contributed by atoms with Crippen LogP contribution in [0, 0.1) is 5.92 Å². The highest BCUT2D eigenvalue weighted by atomic mass is 35.5. The van der Waals surface area contributed by atoms with Gasteiger partial charge in [0.1, 0.15) is 0 Å². The summed E-state index contributed by atoms with van der Waals surface area (Å²) in [5, 5.41) is 13.2. The summed E-state index contributed by atoms with van der Waals surface area (Å²) in [7, 11) is -3.05. The van der Waals surface area contributed by atoms with E-state index in [1.807, 2.05) is 68.5 Å². The fourth-order valence-electron chi connectivity index (χ4n) is 7.69. The van der Waals surface area contributed by atoms with Crippen molar-refractivity contribution in [2.24, 2.45) is 5.92 Å². The Morgan fingerprint density at radius 3 is 2.39 bits per heavy atom. The minimum atomic E-state index is -3.05. The summed E-state index contributed by atoms with van der Waals surface area (Å²) in [5.41, 5.74) is 8.29. The molecule has 5 N–H and O–H groups in total. The van der Waals surface area contributed by atoms with E-state index in [2.05, 4.69) is 5.32 Å². The number of benzene rings is 4. The molecule has 12 heteroatoms. The lowest BCUT2D eigenvalue weighted by molar-refractivity contribution is -0.150. The molecule has 0 unspecified atom stereocenters. The molecule has 0 radical (unpaired) electrons. The monoisotopic (exact) mass is 726 g/mol. The minimum absolute atomic E-state index is 0.0699. The molecule has 1 fully saturated rings. The first-order valence-corrected chi connectivity index (χ1v) is 20.4. The average molecular weight is 727 g/mol. The van der Waals surface area contributed by atoms with Gasteiger partial charge in [-0.25, -0.2) is 0 Å². The van der Waals surface area contributed by atoms with Crippen molar-refractivity contribution < 1.29 is 29.0 Å². The van der Waals surface area contributed by atoms with Crippen molar-refractivity contribution in [1.29, 1.82) is 0 Å². The Balaban J connectivity index is 1.29. The molecule has 1 saturated heterocycles. The summed E-state index contributed by atoms with van der Waals surface area (Å²) in [4.78, 5) is 56.6. The summed E-state index contributed by atoms with van der Waals surface area (Å²) >= 11 is 6.56. The number of aliphatic hydroxyl groups excluding tert-OH is 1. The topological polar surface area (TPSA) is 145 Å². The molecule has 0 aliphatic carbocycles. The number of rotatable bonds is 11. The molecule has 2 aliphatic rings. The van der Waals surface area contributed by atoms with Gasteiger partial charge in [-0.05, 0) is 78.8 Å². The van der Waals surface area contributed by atoms with Crippen LogP contribution in [0.15, 0.2) is 97.1 Å². The molecular formula is C39H43ClN4O6Si. The zero-order chi connectivity index (χ0) is 36.5. The SMILES string of the molecule is C[C@H]1[C@H]([Si](C)(C)O)[C@@H](CC(=O)N(CCO)Cc2ccccc2)O[C@]12C(=O)N(Cc1cccc(NC(=O)c3ccc(N)cc3)c1)c1ccc(Cl)cc12.